The van der Waals surface area contributed by atoms with Crippen LogP contribution in [0.2, 0.25) is 0 Å². The summed E-state index contributed by atoms with van der Waals surface area (Å²) < 4.78 is 72.8. The van der Waals surface area contributed by atoms with Crippen molar-refractivity contribution in [3.63, 3.8) is 0 Å². The van der Waals surface area contributed by atoms with Gasteiger partial charge in [-0.1, -0.05) is 13.8 Å². The molecule has 0 radical (unpaired) electrons. The van der Waals surface area contributed by atoms with Gasteiger partial charge < -0.3 is 0 Å². The normalized spacial score (nSPS) is 17.6. The Balaban J connectivity index is 0. The molecule has 0 fully saturated rings. The lowest BCUT2D eigenvalue weighted by Crippen LogP contribution is -2.68. The lowest BCUT2D eigenvalue weighted by molar-refractivity contribution is -2.00. The Hall–Kier alpha value is -0.400. The van der Waals surface area contributed by atoms with Gasteiger partial charge in [-0.3, -0.25) is 0 Å². The highest BCUT2D eigenvalue weighted by atomic mass is 35.7. The maximum Gasteiger partial charge on any atom is 0.151 e. The van der Waals surface area contributed by atoms with E-state index in [-0.39, 0.29) is 0 Å². The minimum Gasteiger partial charge on any atom is -0.240 e. The maximum absolute atomic E-state index is 8.49. The summed E-state index contributed by atoms with van der Waals surface area (Å²) in [4.78, 5) is 0. The summed E-state index contributed by atoms with van der Waals surface area (Å²) in [5, 5.41) is 0. The van der Waals surface area contributed by atoms with Gasteiger partial charge in [-0.25, -0.2) is 46.4 Å². The molecule has 12 heteroatoms. The standard InChI is InChI=1S/2C8H16N.2ClHO4/c2*1-3-8-6-4-5-7-9(8)2;2*2-1(3,4)5/h2*3-7H2,1-2H3;2*(H,2,3,4,5)/q2*+1;;/p-2. The SMILES string of the molecule is CCC1=[N+](C)CCCC1.CCC1=[N+](C)CCCC1.[O-][Cl+3]([O-])([O-])[O-].[O-][Cl+3]([O-])([O-])[O-]. The molecular weight excluding hydrogens is 419 g/mol. The van der Waals surface area contributed by atoms with Crippen molar-refractivity contribution in [1.82, 2.24) is 0 Å². The van der Waals surface area contributed by atoms with Gasteiger partial charge in [0.25, 0.3) is 0 Å². The van der Waals surface area contributed by atoms with Gasteiger partial charge in [0, 0.05) is 38.5 Å². The first-order valence-electron chi connectivity index (χ1n) is 9.04. The largest absolute Gasteiger partial charge is 0.240 e. The highest BCUT2D eigenvalue weighted by Crippen LogP contribution is 2.07. The lowest BCUT2D eigenvalue weighted by atomic mass is 10.1. The van der Waals surface area contributed by atoms with Crippen molar-refractivity contribution >= 4 is 11.4 Å². The van der Waals surface area contributed by atoms with Crippen LogP contribution in [-0.2, 0) is 0 Å². The lowest BCUT2D eigenvalue weighted by Gasteiger charge is -2.17. The average molecular weight is 451 g/mol. The Kier molecular flexibility index (Phi) is 16.4. The fraction of sp³-hybridized carbons (Fsp3) is 0.875. The molecule has 0 spiro atoms. The molecule has 2 aliphatic heterocycles. The fourth-order valence-electron chi connectivity index (χ4n) is 2.95. The van der Waals surface area contributed by atoms with E-state index in [2.05, 4.69) is 37.1 Å². The molecule has 28 heavy (non-hydrogen) atoms. The van der Waals surface area contributed by atoms with E-state index in [0.29, 0.717) is 0 Å². The Morgan fingerprint density at radius 2 is 0.857 bits per heavy atom. The summed E-state index contributed by atoms with van der Waals surface area (Å²) in [5.41, 5.74) is 3.28. The zero-order valence-corrected chi connectivity index (χ0v) is 18.5. The minimum absolute atomic E-state index is 1.25. The van der Waals surface area contributed by atoms with Crippen LogP contribution in [0.5, 0.6) is 0 Å². The van der Waals surface area contributed by atoms with E-state index in [4.69, 9.17) is 37.3 Å². The predicted molar refractivity (Wildman–Crippen MR) is 80.4 cm³/mol. The number of hydrogen-bond donors (Lipinski definition) is 0. The van der Waals surface area contributed by atoms with Crippen LogP contribution in [0.15, 0.2) is 0 Å². The van der Waals surface area contributed by atoms with Crippen LogP contribution in [0.25, 0.3) is 0 Å². The molecule has 2 rings (SSSR count). The Bertz CT molecular complexity index is 432. The summed E-state index contributed by atoms with van der Waals surface area (Å²) in [7, 11) is -5.48. The molecule has 0 atom stereocenters. The second kappa shape index (κ2) is 15.4. The number of nitrogens with zero attached hydrogens (tertiary/aromatic N) is 2. The smallest absolute Gasteiger partial charge is 0.151 e. The maximum atomic E-state index is 8.49. The van der Waals surface area contributed by atoms with Crippen LogP contribution in [0.3, 0.4) is 0 Å². The molecule has 0 saturated heterocycles. The Morgan fingerprint density at radius 1 is 0.607 bits per heavy atom. The third kappa shape index (κ3) is 23.6. The van der Waals surface area contributed by atoms with Crippen LogP contribution in [0.1, 0.15) is 65.2 Å². The van der Waals surface area contributed by atoms with E-state index in [0.717, 1.165) is 0 Å². The molecule has 2 heterocycles. The van der Waals surface area contributed by atoms with Crippen LogP contribution in [0.4, 0.5) is 0 Å². The van der Waals surface area contributed by atoms with Crippen LogP contribution in [0, 0.1) is 20.5 Å². The summed E-state index contributed by atoms with van der Waals surface area (Å²) in [6.45, 7) is 7.06. The molecule has 0 saturated carbocycles. The third-order valence-corrected chi connectivity index (χ3v) is 4.31. The molecule has 10 nitrogen and oxygen atoms in total. The zero-order valence-electron chi connectivity index (χ0n) is 17.0. The van der Waals surface area contributed by atoms with E-state index in [9.17, 15) is 0 Å². The number of hydrogen-bond acceptors (Lipinski definition) is 8. The second-order valence-electron chi connectivity index (χ2n) is 6.35. The highest BCUT2D eigenvalue weighted by molar-refractivity contribution is 5.79. The first-order valence-corrected chi connectivity index (χ1v) is 11.5. The molecule has 0 aliphatic carbocycles. The van der Waals surface area contributed by atoms with E-state index in [1.54, 1.807) is 11.4 Å². The van der Waals surface area contributed by atoms with Gasteiger partial charge in [-0.15, -0.1) is 20.5 Å². The second-order valence-corrected chi connectivity index (χ2v) is 7.86. The predicted octanol–water partition coefficient (Wildman–Crippen LogP) is -6.18. The quantitative estimate of drug-likeness (QED) is 0.370. The fourth-order valence-corrected chi connectivity index (χ4v) is 2.95. The number of rotatable bonds is 2. The molecule has 0 bridgehead atoms. The van der Waals surface area contributed by atoms with Crippen LogP contribution >= 0.6 is 0 Å². The van der Waals surface area contributed by atoms with Crippen molar-refractivity contribution in [3.8, 4) is 0 Å². The van der Waals surface area contributed by atoms with Crippen LogP contribution in [-0.4, -0.2) is 47.8 Å². The summed E-state index contributed by atoms with van der Waals surface area (Å²) in [6, 6.07) is 0. The van der Waals surface area contributed by atoms with Crippen molar-refractivity contribution in [2.75, 3.05) is 27.2 Å². The molecule has 0 aromatic heterocycles. The molecule has 0 N–H and O–H groups in total. The van der Waals surface area contributed by atoms with E-state index in [1.807, 2.05) is 0 Å². The van der Waals surface area contributed by atoms with E-state index in [1.165, 1.54) is 64.5 Å². The molecule has 2 aliphatic rings. The van der Waals surface area contributed by atoms with Gasteiger partial charge in [-0.05, 0) is 12.8 Å². The van der Waals surface area contributed by atoms with Crippen LogP contribution < -0.4 is 37.3 Å². The van der Waals surface area contributed by atoms with Crippen molar-refractivity contribution in [2.24, 2.45) is 0 Å². The monoisotopic (exact) mass is 450 g/mol. The third-order valence-electron chi connectivity index (χ3n) is 4.31. The van der Waals surface area contributed by atoms with Gasteiger partial charge in [0.15, 0.2) is 11.4 Å². The first kappa shape index (κ1) is 29.8. The average Bonchev–Trinajstić information content (AvgIpc) is 2.53. The molecule has 168 valence electrons. The highest BCUT2D eigenvalue weighted by Gasteiger charge is 2.13. The summed E-state index contributed by atoms with van der Waals surface area (Å²) in [5.74, 6) is 0. The van der Waals surface area contributed by atoms with Gasteiger partial charge in [0.1, 0.15) is 27.2 Å². The van der Waals surface area contributed by atoms with Crippen molar-refractivity contribution < 1.29 is 66.9 Å². The molecule has 0 aromatic rings. The van der Waals surface area contributed by atoms with E-state index < -0.39 is 20.5 Å². The molecule has 0 unspecified atom stereocenters. The van der Waals surface area contributed by atoms with Gasteiger partial charge in [-0.2, -0.15) is 0 Å². The summed E-state index contributed by atoms with van der Waals surface area (Å²) in [6.07, 6.45) is 10.8. The van der Waals surface area contributed by atoms with E-state index >= 15 is 0 Å². The number of halogens is 2. The van der Waals surface area contributed by atoms with Crippen molar-refractivity contribution in [3.05, 3.63) is 0 Å². The molecule has 0 aromatic carbocycles. The molecular formula is C16H32Cl2N2O8. The Labute approximate surface area is 171 Å². The topological polar surface area (TPSA) is 190 Å². The van der Waals surface area contributed by atoms with Gasteiger partial charge in [0.2, 0.25) is 0 Å². The van der Waals surface area contributed by atoms with Crippen molar-refractivity contribution in [2.45, 2.75) is 65.2 Å². The van der Waals surface area contributed by atoms with Crippen molar-refractivity contribution in [1.29, 1.82) is 0 Å². The first-order chi connectivity index (χ1) is 12.7. The molecule has 0 amide bonds. The Morgan fingerprint density at radius 3 is 1.00 bits per heavy atom. The van der Waals surface area contributed by atoms with Gasteiger partial charge in [0.05, 0.1) is 0 Å². The van der Waals surface area contributed by atoms with Gasteiger partial charge >= 0.3 is 0 Å². The minimum atomic E-state index is -4.94. The summed E-state index contributed by atoms with van der Waals surface area (Å²) >= 11 is 0. The zero-order chi connectivity index (χ0) is 22.4.